The summed E-state index contributed by atoms with van der Waals surface area (Å²) in [5, 5.41) is 0. The molecule has 0 fully saturated rings. The number of hydrogen-bond donors (Lipinski definition) is 2. The number of benzene rings is 2. The second-order valence-electron chi connectivity index (χ2n) is 7.45. The molecule has 10 nitrogen and oxygen atoms in total. The Kier molecular flexibility index (Phi) is 8.74. The lowest BCUT2D eigenvalue weighted by molar-refractivity contribution is -0.142. The summed E-state index contributed by atoms with van der Waals surface area (Å²) in [6.07, 6.45) is 2.75. The van der Waals surface area contributed by atoms with Crippen molar-refractivity contribution in [3.05, 3.63) is 98.7 Å². The topological polar surface area (TPSA) is 137 Å². The Balaban J connectivity index is 1.82. The van der Waals surface area contributed by atoms with Crippen molar-refractivity contribution < 1.29 is 19.1 Å². The minimum Gasteiger partial charge on any atom is -0.452 e. The number of hydrogen-bond acceptors (Lipinski definition) is 7. The second kappa shape index (κ2) is 12.1. The number of aromatic amines is 1. The van der Waals surface area contributed by atoms with E-state index in [1.165, 1.54) is 13.2 Å². The highest BCUT2D eigenvalue weighted by molar-refractivity contribution is 5.98. The number of amides is 1. The van der Waals surface area contributed by atoms with Crippen molar-refractivity contribution in [2.75, 3.05) is 37.5 Å². The van der Waals surface area contributed by atoms with Crippen LogP contribution in [0.2, 0.25) is 0 Å². The molecule has 0 atom stereocenters. The van der Waals surface area contributed by atoms with Crippen molar-refractivity contribution in [3.63, 3.8) is 0 Å². The van der Waals surface area contributed by atoms with Crippen molar-refractivity contribution >= 4 is 29.5 Å². The molecule has 3 N–H and O–H groups in total. The van der Waals surface area contributed by atoms with Gasteiger partial charge in [-0.15, -0.1) is 0 Å². The highest BCUT2D eigenvalue weighted by atomic mass is 16.5. The molecule has 0 radical (unpaired) electrons. The minimum absolute atomic E-state index is 0.0520. The maximum atomic E-state index is 13.0. The number of nitrogens with zero attached hydrogens (tertiary/aromatic N) is 2. The number of nitrogens with two attached hydrogens (primary N) is 1. The number of carbonyl (C=O) groups excluding carboxylic acids is 2. The predicted octanol–water partition coefficient (Wildman–Crippen LogP) is 1.40. The van der Waals surface area contributed by atoms with Gasteiger partial charge in [0.2, 0.25) is 0 Å². The van der Waals surface area contributed by atoms with E-state index in [4.69, 9.17) is 15.2 Å². The number of anilines is 2. The maximum Gasteiger partial charge on any atom is 0.331 e. The van der Waals surface area contributed by atoms with Gasteiger partial charge in [0, 0.05) is 19.7 Å². The van der Waals surface area contributed by atoms with Crippen molar-refractivity contribution in [1.29, 1.82) is 0 Å². The molecule has 3 aromatic rings. The van der Waals surface area contributed by atoms with Crippen LogP contribution >= 0.6 is 0 Å². The van der Waals surface area contributed by atoms with E-state index in [2.05, 4.69) is 4.98 Å². The lowest BCUT2D eigenvalue weighted by Crippen LogP contribution is -2.44. The van der Waals surface area contributed by atoms with Gasteiger partial charge < -0.3 is 15.2 Å². The quantitative estimate of drug-likeness (QED) is 0.332. The summed E-state index contributed by atoms with van der Waals surface area (Å²) in [5.41, 5.74) is 5.99. The second-order valence-corrected chi connectivity index (χ2v) is 7.45. The Morgan fingerprint density at radius 2 is 1.71 bits per heavy atom. The molecule has 0 aliphatic heterocycles. The van der Waals surface area contributed by atoms with Crippen LogP contribution in [0.1, 0.15) is 11.1 Å². The third-order valence-electron chi connectivity index (χ3n) is 5.04. The molecule has 1 aromatic heterocycles. The Labute approximate surface area is 201 Å². The molecule has 182 valence electrons. The van der Waals surface area contributed by atoms with Crippen LogP contribution in [0.15, 0.2) is 76.3 Å². The maximum absolute atomic E-state index is 13.0. The Hall–Kier alpha value is -4.44. The van der Waals surface area contributed by atoms with E-state index in [1.54, 1.807) is 42.5 Å². The smallest absolute Gasteiger partial charge is 0.331 e. The van der Waals surface area contributed by atoms with Crippen molar-refractivity contribution in [2.24, 2.45) is 0 Å². The third-order valence-corrected chi connectivity index (χ3v) is 5.04. The molecule has 0 saturated carbocycles. The number of methoxy groups -OCH3 is 1. The number of H-pyrrole nitrogens is 1. The molecule has 0 aliphatic carbocycles. The molecule has 10 heteroatoms. The zero-order valence-corrected chi connectivity index (χ0v) is 19.2. The number of nitrogen functional groups attached to an aromatic ring is 1. The monoisotopic (exact) mass is 478 g/mol. The average molecular weight is 479 g/mol. The van der Waals surface area contributed by atoms with Gasteiger partial charge in [-0.05, 0) is 17.2 Å². The van der Waals surface area contributed by atoms with Gasteiger partial charge in [0.25, 0.3) is 11.5 Å². The third kappa shape index (κ3) is 6.78. The van der Waals surface area contributed by atoms with E-state index in [0.29, 0.717) is 0 Å². The van der Waals surface area contributed by atoms with Crippen molar-refractivity contribution in [2.45, 2.75) is 6.54 Å². The summed E-state index contributed by atoms with van der Waals surface area (Å²) in [6.45, 7) is -0.535. The first kappa shape index (κ1) is 25.2. The van der Waals surface area contributed by atoms with Crippen LogP contribution in [0.5, 0.6) is 0 Å². The average Bonchev–Trinajstić information content (AvgIpc) is 2.87. The normalized spacial score (nSPS) is 10.9. The number of aromatic nitrogens is 2. The fraction of sp³-hybridized carbons (Fsp3) is 0.200. The molecule has 1 amide bonds. The van der Waals surface area contributed by atoms with Gasteiger partial charge in [0.15, 0.2) is 12.3 Å². The fourth-order valence-corrected chi connectivity index (χ4v) is 3.29. The van der Waals surface area contributed by atoms with Crippen LogP contribution in [0.25, 0.3) is 6.08 Å². The van der Waals surface area contributed by atoms with E-state index in [0.717, 1.165) is 20.6 Å². The molecule has 1 heterocycles. The van der Waals surface area contributed by atoms with Crippen LogP contribution in [-0.4, -0.2) is 48.3 Å². The van der Waals surface area contributed by atoms with E-state index in [1.807, 2.05) is 24.3 Å². The molecule has 3 rings (SSSR count). The summed E-state index contributed by atoms with van der Waals surface area (Å²) < 4.78 is 11.3. The molecule has 0 bridgehead atoms. The molecule has 0 saturated heterocycles. The summed E-state index contributed by atoms with van der Waals surface area (Å²) >= 11 is 0. The summed E-state index contributed by atoms with van der Waals surface area (Å²) in [4.78, 5) is 53.4. The van der Waals surface area contributed by atoms with E-state index in [-0.39, 0.29) is 31.2 Å². The number of carbonyl (C=O) groups is 2. The molecule has 2 aromatic carbocycles. The van der Waals surface area contributed by atoms with Gasteiger partial charge in [0.1, 0.15) is 5.82 Å². The van der Waals surface area contributed by atoms with E-state index < -0.39 is 29.7 Å². The first-order chi connectivity index (χ1) is 16.9. The van der Waals surface area contributed by atoms with Crippen LogP contribution < -0.4 is 21.9 Å². The highest BCUT2D eigenvalue weighted by Gasteiger charge is 2.25. The zero-order chi connectivity index (χ0) is 25.2. The highest BCUT2D eigenvalue weighted by Crippen LogP contribution is 2.18. The Morgan fingerprint density at radius 3 is 2.37 bits per heavy atom. The molecular weight excluding hydrogens is 452 g/mol. The Bertz CT molecular complexity index is 1300. The van der Waals surface area contributed by atoms with Crippen LogP contribution in [0, 0.1) is 0 Å². The number of esters is 1. The predicted molar refractivity (Wildman–Crippen MR) is 132 cm³/mol. The van der Waals surface area contributed by atoms with Gasteiger partial charge in [-0.25, -0.2) is 9.59 Å². The Morgan fingerprint density at radius 1 is 1.06 bits per heavy atom. The largest absolute Gasteiger partial charge is 0.452 e. The standard InChI is InChI=1S/C25H26N4O6/c1-34-15-14-28(20(30)17-35-21(31)13-12-18-8-4-2-5-9-18)22-23(26)29(25(33)27-24(22)32)16-19-10-6-3-7-11-19/h2-13H,14-17,26H2,1H3,(H,27,32,33)/b13-12+. The number of nitrogens with one attached hydrogen (secondary N) is 1. The van der Waals surface area contributed by atoms with Gasteiger partial charge in [0.05, 0.1) is 13.2 Å². The number of rotatable bonds is 10. The SMILES string of the molecule is COCCN(C(=O)COC(=O)/C=C/c1ccccc1)c1c(N)n(Cc2ccccc2)c(=O)[nH]c1=O. The first-order valence-corrected chi connectivity index (χ1v) is 10.8. The molecule has 0 unspecified atom stereocenters. The van der Waals surface area contributed by atoms with Gasteiger partial charge in [-0.3, -0.25) is 24.0 Å². The molecule has 0 aliphatic rings. The van der Waals surface area contributed by atoms with Gasteiger partial charge in [-0.1, -0.05) is 60.7 Å². The molecular formula is C25H26N4O6. The van der Waals surface area contributed by atoms with Crippen LogP contribution in [-0.2, 0) is 25.6 Å². The van der Waals surface area contributed by atoms with Crippen molar-refractivity contribution in [3.8, 4) is 0 Å². The summed E-state index contributed by atoms with van der Waals surface area (Å²) in [6, 6.07) is 18.1. The van der Waals surface area contributed by atoms with E-state index >= 15 is 0 Å². The fourth-order valence-electron chi connectivity index (χ4n) is 3.29. The van der Waals surface area contributed by atoms with Crippen LogP contribution in [0.3, 0.4) is 0 Å². The van der Waals surface area contributed by atoms with Gasteiger partial charge in [-0.2, -0.15) is 0 Å². The first-order valence-electron chi connectivity index (χ1n) is 10.8. The summed E-state index contributed by atoms with van der Waals surface area (Å²) in [5.74, 6) is -1.63. The molecule has 35 heavy (non-hydrogen) atoms. The van der Waals surface area contributed by atoms with E-state index in [9.17, 15) is 19.2 Å². The molecule has 0 spiro atoms. The van der Waals surface area contributed by atoms with Crippen LogP contribution in [0.4, 0.5) is 11.5 Å². The summed E-state index contributed by atoms with van der Waals surface area (Å²) in [7, 11) is 1.43. The zero-order valence-electron chi connectivity index (χ0n) is 19.2. The lowest BCUT2D eigenvalue weighted by atomic mass is 10.2. The lowest BCUT2D eigenvalue weighted by Gasteiger charge is -2.24. The number of ether oxygens (including phenoxy) is 2. The van der Waals surface area contributed by atoms with Gasteiger partial charge >= 0.3 is 11.7 Å². The minimum atomic E-state index is -0.837. The van der Waals surface area contributed by atoms with Crippen molar-refractivity contribution in [1.82, 2.24) is 9.55 Å².